The Balaban J connectivity index is 1.72. The number of aromatic nitrogens is 2. The second-order valence-corrected chi connectivity index (χ2v) is 6.02. The lowest BCUT2D eigenvalue weighted by atomic mass is 10.1. The van der Waals surface area contributed by atoms with E-state index in [0.717, 1.165) is 4.88 Å². The van der Waals surface area contributed by atoms with Gasteiger partial charge in [0.2, 0.25) is 0 Å². The number of thiazole rings is 1. The van der Waals surface area contributed by atoms with E-state index in [1.165, 1.54) is 17.6 Å². The average molecular weight is 343 g/mol. The third-order valence-electron chi connectivity index (χ3n) is 3.23. The highest BCUT2D eigenvalue weighted by molar-refractivity contribution is 7.15. The minimum Gasteiger partial charge on any atom is -0.478 e. The van der Waals surface area contributed by atoms with Crippen LogP contribution in [-0.2, 0) is 6.54 Å². The second-order valence-electron chi connectivity index (χ2n) is 4.90. The minimum atomic E-state index is -0.991. The summed E-state index contributed by atoms with van der Waals surface area (Å²) in [6.45, 7) is 1.88. The molecule has 8 heteroatoms. The molecule has 3 rings (SSSR count). The molecule has 0 aliphatic carbocycles. The zero-order valence-corrected chi connectivity index (χ0v) is 13.5. The number of carbonyl (C=O) groups is 2. The molecule has 7 nitrogen and oxygen atoms in total. The molecule has 0 fully saturated rings. The SMILES string of the molecule is Cc1nc(C(=O)NCc2ncc(-c3ccccc3C(=O)O)s2)co1. The largest absolute Gasteiger partial charge is 0.478 e. The van der Waals surface area contributed by atoms with E-state index in [0.29, 0.717) is 16.5 Å². The molecule has 3 aromatic rings. The van der Waals surface area contributed by atoms with Crippen LogP contribution in [0.15, 0.2) is 41.1 Å². The number of hydrogen-bond donors (Lipinski definition) is 2. The van der Waals surface area contributed by atoms with Gasteiger partial charge in [-0.1, -0.05) is 18.2 Å². The Morgan fingerprint density at radius 2 is 2.12 bits per heavy atom. The van der Waals surface area contributed by atoms with Crippen LogP contribution in [0.3, 0.4) is 0 Å². The van der Waals surface area contributed by atoms with Crippen molar-refractivity contribution in [2.75, 3.05) is 0 Å². The maximum Gasteiger partial charge on any atom is 0.336 e. The number of carbonyl (C=O) groups excluding carboxylic acids is 1. The quantitative estimate of drug-likeness (QED) is 0.738. The van der Waals surface area contributed by atoms with Crippen LogP contribution in [0, 0.1) is 6.92 Å². The first-order chi connectivity index (χ1) is 11.5. The van der Waals surface area contributed by atoms with Gasteiger partial charge in [0.05, 0.1) is 17.0 Å². The Labute approximate surface area is 141 Å². The first kappa shape index (κ1) is 15.9. The number of aryl methyl sites for hydroxylation is 1. The molecule has 2 N–H and O–H groups in total. The van der Waals surface area contributed by atoms with Crippen molar-refractivity contribution in [2.24, 2.45) is 0 Å². The number of amides is 1. The molecule has 24 heavy (non-hydrogen) atoms. The highest BCUT2D eigenvalue weighted by Crippen LogP contribution is 2.29. The van der Waals surface area contributed by atoms with Crippen molar-refractivity contribution in [3.05, 3.63) is 58.9 Å². The van der Waals surface area contributed by atoms with E-state index in [1.807, 2.05) is 0 Å². The highest BCUT2D eigenvalue weighted by atomic mass is 32.1. The van der Waals surface area contributed by atoms with Crippen molar-refractivity contribution < 1.29 is 19.1 Å². The van der Waals surface area contributed by atoms with Crippen LogP contribution in [-0.4, -0.2) is 27.0 Å². The van der Waals surface area contributed by atoms with Crippen molar-refractivity contribution >= 4 is 23.2 Å². The van der Waals surface area contributed by atoms with Crippen LogP contribution >= 0.6 is 11.3 Å². The standard InChI is InChI=1S/C16H13N3O4S/c1-9-19-12(8-23-9)15(20)18-7-14-17-6-13(24-14)10-4-2-3-5-11(10)16(21)22/h2-6,8H,7H2,1H3,(H,18,20)(H,21,22). The lowest BCUT2D eigenvalue weighted by Gasteiger charge is -2.02. The third-order valence-corrected chi connectivity index (χ3v) is 4.26. The molecule has 122 valence electrons. The molecule has 0 saturated heterocycles. The van der Waals surface area contributed by atoms with Gasteiger partial charge in [-0.3, -0.25) is 4.79 Å². The molecule has 2 aromatic heterocycles. The van der Waals surface area contributed by atoms with E-state index in [1.54, 1.807) is 37.4 Å². The molecule has 2 heterocycles. The second kappa shape index (κ2) is 6.63. The zero-order valence-electron chi connectivity index (χ0n) is 12.6. The van der Waals surface area contributed by atoms with Gasteiger partial charge in [0.1, 0.15) is 11.3 Å². The molecule has 0 aliphatic heterocycles. The Morgan fingerprint density at radius 1 is 1.33 bits per heavy atom. The number of oxazole rings is 1. The number of carboxylic acid groups (broad SMARTS) is 1. The Hall–Kier alpha value is -3.00. The number of nitrogens with zero attached hydrogens (tertiary/aromatic N) is 2. The van der Waals surface area contributed by atoms with Gasteiger partial charge in [0.25, 0.3) is 5.91 Å². The minimum absolute atomic E-state index is 0.209. The van der Waals surface area contributed by atoms with Crippen molar-refractivity contribution in [1.29, 1.82) is 0 Å². The van der Waals surface area contributed by atoms with Gasteiger partial charge in [-0.15, -0.1) is 11.3 Å². The first-order valence-corrected chi connectivity index (χ1v) is 7.84. The van der Waals surface area contributed by atoms with Crippen LogP contribution in [0.1, 0.15) is 31.7 Å². The highest BCUT2D eigenvalue weighted by Gasteiger charge is 2.15. The molecule has 1 amide bonds. The van der Waals surface area contributed by atoms with Crippen LogP contribution in [0.5, 0.6) is 0 Å². The van der Waals surface area contributed by atoms with Gasteiger partial charge >= 0.3 is 5.97 Å². The number of hydrogen-bond acceptors (Lipinski definition) is 6. The van der Waals surface area contributed by atoms with E-state index in [4.69, 9.17) is 4.42 Å². The molecule has 0 saturated carbocycles. The maximum absolute atomic E-state index is 11.9. The Kier molecular flexibility index (Phi) is 4.39. The lowest BCUT2D eigenvalue weighted by molar-refractivity contribution is 0.0697. The molecule has 0 aliphatic rings. The summed E-state index contributed by atoms with van der Waals surface area (Å²) < 4.78 is 4.99. The van der Waals surface area contributed by atoms with Gasteiger partial charge < -0.3 is 14.8 Å². The summed E-state index contributed by atoms with van der Waals surface area (Å²) in [4.78, 5) is 32.1. The third kappa shape index (κ3) is 3.33. The van der Waals surface area contributed by atoms with Crippen LogP contribution in [0.2, 0.25) is 0 Å². The van der Waals surface area contributed by atoms with Gasteiger partial charge in [-0.2, -0.15) is 0 Å². The molecule has 0 bridgehead atoms. The summed E-state index contributed by atoms with van der Waals surface area (Å²) in [5.41, 5.74) is 1.03. The fraction of sp³-hybridized carbons (Fsp3) is 0.125. The zero-order chi connectivity index (χ0) is 17.1. The summed E-state index contributed by atoms with van der Waals surface area (Å²) in [7, 11) is 0. The number of rotatable bonds is 5. The van der Waals surface area contributed by atoms with Gasteiger partial charge in [-0.05, 0) is 6.07 Å². The predicted molar refractivity (Wildman–Crippen MR) is 86.9 cm³/mol. The van der Waals surface area contributed by atoms with Crippen LogP contribution in [0.4, 0.5) is 0 Å². The lowest BCUT2D eigenvalue weighted by Crippen LogP contribution is -2.22. The van der Waals surface area contributed by atoms with E-state index in [2.05, 4.69) is 15.3 Å². The summed E-state index contributed by atoms with van der Waals surface area (Å²) in [6, 6.07) is 6.73. The average Bonchev–Trinajstić information content (AvgIpc) is 3.21. The van der Waals surface area contributed by atoms with Crippen molar-refractivity contribution in [3.63, 3.8) is 0 Å². The van der Waals surface area contributed by atoms with Crippen molar-refractivity contribution in [3.8, 4) is 10.4 Å². The van der Waals surface area contributed by atoms with Gasteiger partial charge in [0.15, 0.2) is 11.6 Å². The first-order valence-electron chi connectivity index (χ1n) is 7.02. The van der Waals surface area contributed by atoms with Crippen LogP contribution in [0.25, 0.3) is 10.4 Å². The molecule has 0 unspecified atom stereocenters. The van der Waals surface area contributed by atoms with Crippen LogP contribution < -0.4 is 5.32 Å². The summed E-state index contributed by atoms with van der Waals surface area (Å²) in [6.07, 6.45) is 2.90. The summed E-state index contributed by atoms with van der Waals surface area (Å²) >= 11 is 1.33. The molecular weight excluding hydrogens is 330 g/mol. The topological polar surface area (TPSA) is 105 Å². The van der Waals surface area contributed by atoms with Crippen molar-refractivity contribution in [2.45, 2.75) is 13.5 Å². The summed E-state index contributed by atoms with van der Waals surface area (Å²) in [5, 5.41) is 12.6. The van der Waals surface area contributed by atoms with Gasteiger partial charge in [-0.25, -0.2) is 14.8 Å². The number of carboxylic acids is 1. The fourth-order valence-corrected chi connectivity index (χ4v) is 3.01. The summed E-state index contributed by atoms with van der Waals surface area (Å²) in [5.74, 6) is -0.924. The smallest absolute Gasteiger partial charge is 0.336 e. The normalized spacial score (nSPS) is 10.5. The van der Waals surface area contributed by atoms with E-state index < -0.39 is 5.97 Å². The predicted octanol–water partition coefficient (Wildman–Crippen LogP) is 2.73. The van der Waals surface area contributed by atoms with E-state index >= 15 is 0 Å². The molecule has 0 radical (unpaired) electrons. The Bertz CT molecular complexity index is 900. The molecular formula is C16H13N3O4S. The molecule has 0 spiro atoms. The van der Waals surface area contributed by atoms with E-state index in [-0.39, 0.29) is 23.7 Å². The number of aromatic carboxylic acids is 1. The van der Waals surface area contributed by atoms with Crippen molar-refractivity contribution in [1.82, 2.24) is 15.3 Å². The fourth-order valence-electron chi connectivity index (χ4n) is 2.12. The number of benzene rings is 1. The van der Waals surface area contributed by atoms with Gasteiger partial charge in [0, 0.05) is 18.7 Å². The molecule has 0 atom stereocenters. The maximum atomic E-state index is 11.9. The Morgan fingerprint density at radius 3 is 2.83 bits per heavy atom. The monoisotopic (exact) mass is 343 g/mol. The number of nitrogens with one attached hydrogen (secondary N) is 1. The van der Waals surface area contributed by atoms with E-state index in [9.17, 15) is 14.7 Å². The molecule has 1 aromatic carbocycles.